The zero-order chi connectivity index (χ0) is 14.7. The number of nitrogens with zero attached hydrogens (tertiary/aromatic N) is 1. The molecule has 0 N–H and O–H groups in total. The molecule has 4 heteroatoms. The van der Waals surface area contributed by atoms with Gasteiger partial charge in [-0.25, -0.2) is 0 Å². The molecule has 2 aromatic rings. The van der Waals surface area contributed by atoms with Crippen LogP contribution in [0.3, 0.4) is 0 Å². The molecule has 1 aliphatic rings. The molecule has 0 amide bonds. The molecule has 1 unspecified atom stereocenters. The van der Waals surface area contributed by atoms with Gasteiger partial charge >= 0.3 is 0 Å². The van der Waals surface area contributed by atoms with Crippen LogP contribution in [-0.4, -0.2) is 24.1 Å². The van der Waals surface area contributed by atoms with E-state index in [1.807, 2.05) is 18.2 Å². The Morgan fingerprint density at radius 1 is 1.05 bits per heavy atom. The first-order chi connectivity index (χ1) is 10.2. The molecule has 0 aliphatic carbocycles. The zero-order valence-electron chi connectivity index (χ0n) is 11.6. The molecule has 1 atom stereocenters. The van der Waals surface area contributed by atoms with Gasteiger partial charge in [0.1, 0.15) is 11.9 Å². The highest BCUT2D eigenvalue weighted by molar-refractivity contribution is 6.34. The highest BCUT2D eigenvalue weighted by Crippen LogP contribution is 2.26. The van der Waals surface area contributed by atoms with Crippen molar-refractivity contribution in [2.24, 2.45) is 0 Å². The highest BCUT2D eigenvalue weighted by Gasteiger charge is 2.24. The number of rotatable bonds is 4. The van der Waals surface area contributed by atoms with E-state index in [2.05, 4.69) is 29.2 Å². The van der Waals surface area contributed by atoms with Crippen LogP contribution in [0.4, 0.5) is 0 Å². The largest absolute Gasteiger partial charge is 0.489 e. The fraction of sp³-hybridized carbons (Fsp3) is 0.294. The van der Waals surface area contributed by atoms with Crippen molar-refractivity contribution >= 4 is 23.2 Å². The van der Waals surface area contributed by atoms with Crippen LogP contribution in [0.15, 0.2) is 48.5 Å². The summed E-state index contributed by atoms with van der Waals surface area (Å²) in [5.41, 5.74) is 1.34. The number of ether oxygens (including phenoxy) is 1. The SMILES string of the molecule is Clc1cc(Cl)cc(OC2CCN(Cc3ccccc3)C2)c1. The number of likely N-dealkylation sites (tertiary alicyclic amines) is 1. The van der Waals surface area contributed by atoms with Crippen molar-refractivity contribution < 1.29 is 4.74 Å². The van der Waals surface area contributed by atoms with Crippen LogP contribution in [0, 0.1) is 0 Å². The van der Waals surface area contributed by atoms with Gasteiger partial charge in [-0.2, -0.15) is 0 Å². The topological polar surface area (TPSA) is 12.5 Å². The summed E-state index contributed by atoms with van der Waals surface area (Å²) in [5.74, 6) is 0.749. The molecule has 3 rings (SSSR count). The molecule has 1 aliphatic heterocycles. The first-order valence-corrected chi connectivity index (χ1v) is 7.84. The van der Waals surface area contributed by atoms with E-state index in [-0.39, 0.29) is 6.10 Å². The molecule has 21 heavy (non-hydrogen) atoms. The molecule has 2 aromatic carbocycles. The lowest BCUT2D eigenvalue weighted by atomic mass is 10.2. The van der Waals surface area contributed by atoms with E-state index >= 15 is 0 Å². The van der Waals surface area contributed by atoms with Crippen LogP contribution in [0.5, 0.6) is 5.75 Å². The summed E-state index contributed by atoms with van der Waals surface area (Å²) < 4.78 is 5.99. The van der Waals surface area contributed by atoms with Crippen molar-refractivity contribution in [2.45, 2.75) is 19.1 Å². The molecular weight excluding hydrogens is 305 g/mol. The summed E-state index contributed by atoms with van der Waals surface area (Å²) in [7, 11) is 0. The fourth-order valence-electron chi connectivity index (χ4n) is 2.67. The second-order valence-electron chi connectivity index (χ2n) is 5.35. The Bertz CT molecular complexity index is 583. The maximum Gasteiger partial charge on any atom is 0.122 e. The van der Waals surface area contributed by atoms with E-state index in [1.165, 1.54) is 5.56 Å². The number of hydrogen-bond donors (Lipinski definition) is 0. The third kappa shape index (κ3) is 4.13. The van der Waals surface area contributed by atoms with Crippen LogP contribution in [0.25, 0.3) is 0 Å². The Morgan fingerprint density at radius 3 is 2.48 bits per heavy atom. The fourth-order valence-corrected chi connectivity index (χ4v) is 3.17. The van der Waals surface area contributed by atoms with Gasteiger partial charge < -0.3 is 4.74 Å². The lowest BCUT2D eigenvalue weighted by Crippen LogP contribution is -2.24. The van der Waals surface area contributed by atoms with E-state index in [0.29, 0.717) is 10.0 Å². The lowest BCUT2D eigenvalue weighted by molar-refractivity contribution is 0.198. The van der Waals surface area contributed by atoms with Crippen LogP contribution < -0.4 is 4.74 Å². The number of hydrogen-bond acceptors (Lipinski definition) is 2. The summed E-state index contributed by atoms with van der Waals surface area (Å²) >= 11 is 12.0. The number of halogens is 2. The summed E-state index contributed by atoms with van der Waals surface area (Å²) in [5, 5.41) is 1.22. The maximum atomic E-state index is 6.00. The summed E-state index contributed by atoms with van der Waals surface area (Å²) in [6, 6.07) is 15.9. The van der Waals surface area contributed by atoms with Crippen molar-refractivity contribution in [3.05, 3.63) is 64.1 Å². The average molecular weight is 322 g/mol. The highest BCUT2D eigenvalue weighted by atomic mass is 35.5. The molecule has 0 aromatic heterocycles. The maximum absolute atomic E-state index is 6.00. The summed E-state index contributed by atoms with van der Waals surface area (Å²) in [6.45, 7) is 2.95. The second kappa shape index (κ2) is 6.69. The Balaban J connectivity index is 1.57. The van der Waals surface area contributed by atoms with Gasteiger partial charge in [-0.05, 0) is 30.2 Å². The third-order valence-corrected chi connectivity index (χ3v) is 4.05. The quantitative estimate of drug-likeness (QED) is 0.812. The second-order valence-corrected chi connectivity index (χ2v) is 6.23. The zero-order valence-corrected chi connectivity index (χ0v) is 13.1. The van der Waals surface area contributed by atoms with Gasteiger partial charge in [-0.3, -0.25) is 4.90 Å². The van der Waals surface area contributed by atoms with E-state index in [4.69, 9.17) is 27.9 Å². The normalized spacial score (nSPS) is 18.9. The minimum atomic E-state index is 0.197. The standard InChI is InChI=1S/C17H17Cl2NO/c18-14-8-15(19)10-17(9-14)21-16-6-7-20(12-16)11-13-4-2-1-3-5-13/h1-5,8-10,16H,6-7,11-12H2. The predicted molar refractivity (Wildman–Crippen MR) is 87.2 cm³/mol. The van der Waals surface area contributed by atoms with Crippen LogP contribution in [-0.2, 0) is 6.54 Å². The first kappa shape index (κ1) is 14.7. The molecule has 0 bridgehead atoms. The summed E-state index contributed by atoms with van der Waals surface area (Å²) in [6.07, 6.45) is 1.22. The van der Waals surface area contributed by atoms with Crippen molar-refractivity contribution in [2.75, 3.05) is 13.1 Å². The molecule has 0 spiro atoms. The number of benzene rings is 2. The van der Waals surface area contributed by atoms with E-state index < -0.39 is 0 Å². The smallest absolute Gasteiger partial charge is 0.122 e. The first-order valence-electron chi connectivity index (χ1n) is 7.08. The van der Waals surface area contributed by atoms with Gasteiger partial charge in [-0.1, -0.05) is 53.5 Å². The van der Waals surface area contributed by atoms with Crippen LogP contribution in [0.1, 0.15) is 12.0 Å². The lowest BCUT2D eigenvalue weighted by Gasteiger charge is -2.17. The van der Waals surface area contributed by atoms with Gasteiger partial charge in [0.25, 0.3) is 0 Å². The Morgan fingerprint density at radius 2 is 1.76 bits per heavy atom. The molecule has 1 fully saturated rings. The van der Waals surface area contributed by atoms with Crippen molar-refractivity contribution in [1.29, 1.82) is 0 Å². The predicted octanol–water partition coefficient (Wildman–Crippen LogP) is 4.65. The monoisotopic (exact) mass is 321 g/mol. The molecule has 1 saturated heterocycles. The molecule has 1 heterocycles. The average Bonchev–Trinajstić information content (AvgIpc) is 2.86. The van der Waals surface area contributed by atoms with Gasteiger partial charge in [0.2, 0.25) is 0 Å². The van der Waals surface area contributed by atoms with Crippen molar-refractivity contribution in [3.8, 4) is 5.75 Å². The molecule has 2 nitrogen and oxygen atoms in total. The molecule has 0 saturated carbocycles. The van der Waals surface area contributed by atoms with Gasteiger partial charge in [0.05, 0.1) is 0 Å². The van der Waals surface area contributed by atoms with Crippen molar-refractivity contribution in [1.82, 2.24) is 4.90 Å². The minimum Gasteiger partial charge on any atom is -0.489 e. The molecular formula is C17H17Cl2NO. The van der Waals surface area contributed by atoms with Gasteiger partial charge in [-0.15, -0.1) is 0 Å². The Labute approximate surface area is 135 Å². The van der Waals surface area contributed by atoms with Gasteiger partial charge in [0.15, 0.2) is 0 Å². The summed E-state index contributed by atoms with van der Waals surface area (Å²) in [4.78, 5) is 2.41. The minimum absolute atomic E-state index is 0.197. The van der Waals surface area contributed by atoms with Crippen LogP contribution in [0.2, 0.25) is 10.0 Å². The van der Waals surface area contributed by atoms with Gasteiger partial charge in [0, 0.05) is 29.7 Å². The van der Waals surface area contributed by atoms with Crippen LogP contribution >= 0.6 is 23.2 Å². The van der Waals surface area contributed by atoms with Crippen molar-refractivity contribution in [3.63, 3.8) is 0 Å². The van der Waals surface area contributed by atoms with E-state index in [9.17, 15) is 0 Å². The Hall–Kier alpha value is -1.22. The molecule has 0 radical (unpaired) electrons. The van der Waals surface area contributed by atoms with E-state index in [1.54, 1.807) is 6.07 Å². The molecule has 110 valence electrons. The Kier molecular flexibility index (Phi) is 4.69. The third-order valence-electron chi connectivity index (χ3n) is 3.62. The van der Waals surface area contributed by atoms with E-state index in [0.717, 1.165) is 31.8 Å².